The number of aliphatic hydroxyl groups is 4. The molecule has 0 amide bonds. The highest BCUT2D eigenvalue weighted by atomic mass is 16.3. The average Bonchev–Trinajstić information content (AvgIpc) is 4.26. The minimum Gasteiger partial charge on any atom is -0.396 e. The van der Waals surface area contributed by atoms with Gasteiger partial charge in [-0.3, -0.25) is 0 Å². The summed E-state index contributed by atoms with van der Waals surface area (Å²) in [6.45, 7) is 4.14. The number of hydrogen-bond acceptors (Lipinski definition) is 6. The Bertz CT molecular complexity index is 3040. The number of nitrogens with zero attached hydrogens (tertiary/aromatic N) is 6. The number of fused-ring (bicyclic) bond motifs is 8. The van der Waals surface area contributed by atoms with Gasteiger partial charge in [0.15, 0.2) is 49.6 Å². The Kier molecular flexibility index (Phi) is 17.3. The standard InChI is InChI=1S/C60H70N8O4/c69-37-9-1-5-29-65-33-13-17-45(41-65)57-49-21-23-51(61-49)58(46-18-14-34-66(42-46)30-6-2-10-38-70)53-25-27-55(63-53)60(48-20-16-36-68(44-48)32-8-4-12-40-72)56-28-26-54(64-56)59(52-24-22-50(57)62-52)47-19-15-35-67(43-47)31-7-3-11-39-71/h13-28,33-36,41-44,61-62,69-72H,1-12,29-32,37-40H2/q+4. The van der Waals surface area contributed by atoms with E-state index in [1.54, 1.807) is 0 Å². The van der Waals surface area contributed by atoms with Gasteiger partial charge in [0.2, 0.25) is 0 Å². The lowest BCUT2D eigenvalue weighted by molar-refractivity contribution is -0.697. The van der Waals surface area contributed by atoms with Crippen molar-refractivity contribution in [2.75, 3.05) is 26.4 Å². The van der Waals surface area contributed by atoms with Gasteiger partial charge in [-0.1, -0.05) is 0 Å². The van der Waals surface area contributed by atoms with Crippen molar-refractivity contribution in [1.82, 2.24) is 19.9 Å². The van der Waals surface area contributed by atoms with Crippen LogP contribution >= 0.6 is 0 Å². The Balaban J connectivity index is 1.33. The summed E-state index contributed by atoms with van der Waals surface area (Å²) < 4.78 is 8.96. The molecular weight excluding hydrogens is 897 g/mol. The Morgan fingerprint density at radius 3 is 0.917 bits per heavy atom. The zero-order valence-corrected chi connectivity index (χ0v) is 41.5. The van der Waals surface area contributed by atoms with E-state index < -0.39 is 0 Å². The predicted molar refractivity (Wildman–Crippen MR) is 285 cm³/mol. The highest BCUT2D eigenvalue weighted by Crippen LogP contribution is 2.38. The molecule has 12 heteroatoms. The van der Waals surface area contributed by atoms with E-state index in [1.807, 2.05) is 0 Å². The highest BCUT2D eigenvalue weighted by molar-refractivity contribution is 5.99. The summed E-state index contributed by atoms with van der Waals surface area (Å²) in [6.07, 6.45) is 36.7. The molecule has 6 N–H and O–H groups in total. The number of rotatable bonds is 24. The van der Waals surface area contributed by atoms with Gasteiger partial charge in [0.25, 0.3) is 0 Å². The molecule has 370 valence electrons. The molecule has 12 nitrogen and oxygen atoms in total. The predicted octanol–water partition coefficient (Wildman–Crippen LogP) is 9.12. The number of aliphatic hydroxyl groups excluding tert-OH is 4. The summed E-state index contributed by atoms with van der Waals surface area (Å²) in [5.74, 6) is 0. The molecule has 0 saturated heterocycles. The second kappa shape index (κ2) is 24.9. The third-order valence-corrected chi connectivity index (χ3v) is 13.6. The molecule has 0 aromatic carbocycles. The van der Waals surface area contributed by atoms with Gasteiger partial charge in [-0.25, -0.2) is 28.2 Å². The van der Waals surface area contributed by atoms with Gasteiger partial charge in [-0.05, 0) is 124 Å². The fourth-order valence-electron chi connectivity index (χ4n) is 9.99. The van der Waals surface area contributed by atoms with E-state index in [1.165, 1.54) is 0 Å². The SMILES string of the molecule is OCCCCC[n+]1cccc(-c2c3nc(c(-c4ccc[n+](CCCCCO)c4)c4ccc([nH]4)c(-c4ccc[n+](CCCCCO)c4)c4ccc([nH]4)c(-c4ccc[n+](CCCCCO)c4)c4nc2C=C4)C=C3)c1. The molecule has 0 atom stereocenters. The van der Waals surface area contributed by atoms with Crippen LogP contribution in [0.3, 0.4) is 0 Å². The van der Waals surface area contributed by atoms with Crippen LogP contribution in [0.5, 0.6) is 0 Å². The zero-order valence-electron chi connectivity index (χ0n) is 41.5. The van der Waals surface area contributed by atoms with E-state index in [2.05, 4.69) is 175 Å². The number of hydrogen-bond donors (Lipinski definition) is 6. The normalized spacial score (nSPS) is 12.1. The summed E-state index contributed by atoms with van der Waals surface area (Å²) in [6, 6.07) is 25.8. The van der Waals surface area contributed by atoms with Crippen LogP contribution in [0.15, 0.2) is 122 Å². The van der Waals surface area contributed by atoms with Gasteiger partial charge in [0.05, 0.1) is 28.3 Å². The molecule has 9 heterocycles. The summed E-state index contributed by atoms with van der Waals surface area (Å²) in [4.78, 5) is 19.0. The van der Waals surface area contributed by atoms with Gasteiger partial charge in [0, 0.05) is 137 Å². The molecule has 0 spiro atoms. The van der Waals surface area contributed by atoms with Gasteiger partial charge in [-0.15, -0.1) is 0 Å². The summed E-state index contributed by atoms with van der Waals surface area (Å²) in [5.41, 5.74) is 15.2. The lowest BCUT2D eigenvalue weighted by Crippen LogP contribution is -2.32. The van der Waals surface area contributed by atoms with Crippen molar-refractivity contribution in [1.29, 1.82) is 0 Å². The van der Waals surface area contributed by atoms with Gasteiger partial charge >= 0.3 is 0 Å². The molecule has 8 bridgehead atoms. The maximum atomic E-state index is 9.48. The first-order valence-corrected chi connectivity index (χ1v) is 26.1. The maximum absolute atomic E-state index is 9.48. The van der Waals surface area contributed by atoms with Crippen molar-refractivity contribution in [3.05, 3.63) is 145 Å². The molecule has 7 aromatic rings. The largest absolute Gasteiger partial charge is 0.396 e. The second-order valence-electron chi connectivity index (χ2n) is 19.0. The van der Waals surface area contributed by atoms with E-state index in [0.717, 1.165) is 193 Å². The molecule has 0 saturated carbocycles. The molecule has 0 radical (unpaired) electrons. The zero-order chi connectivity index (χ0) is 49.5. The highest BCUT2D eigenvalue weighted by Gasteiger charge is 2.23. The molecule has 0 aliphatic carbocycles. The van der Waals surface area contributed by atoms with Gasteiger partial charge < -0.3 is 30.4 Å². The van der Waals surface area contributed by atoms with Gasteiger partial charge in [0.1, 0.15) is 26.2 Å². The second-order valence-corrected chi connectivity index (χ2v) is 19.0. The first-order valence-electron chi connectivity index (χ1n) is 26.1. The third-order valence-electron chi connectivity index (χ3n) is 13.6. The molecule has 9 rings (SSSR count). The molecule has 7 aromatic heterocycles. The number of aryl methyl sites for hydroxylation is 4. The minimum absolute atomic E-state index is 0.200. The van der Waals surface area contributed by atoms with Crippen molar-refractivity contribution in [3.63, 3.8) is 0 Å². The first-order chi connectivity index (χ1) is 35.5. The van der Waals surface area contributed by atoms with Crippen LogP contribution in [-0.2, 0) is 26.2 Å². The van der Waals surface area contributed by atoms with Crippen LogP contribution in [0.1, 0.15) is 99.8 Å². The fourth-order valence-corrected chi connectivity index (χ4v) is 9.99. The average molecular weight is 967 g/mol. The van der Waals surface area contributed by atoms with E-state index in [4.69, 9.17) is 9.97 Å². The van der Waals surface area contributed by atoms with Crippen LogP contribution < -0.4 is 18.3 Å². The molecule has 0 unspecified atom stereocenters. The van der Waals surface area contributed by atoms with Crippen molar-refractivity contribution >= 4 is 46.4 Å². The monoisotopic (exact) mass is 967 g/mol. The summed E-state index contributed by atoms with van der Waals surface area (Å²) in [5, 5.41) is 37.9. The molecule has 72 heavy (non-hydrogen) atoms. The first kappa shape index (κ1) is 50.0. The molecular formula is C60H70N8O4+4. The lowest BCUT2D eigenvalue weighted by atomic mass is 10.0. The number of pyridine rings is 4. The van der Waals surface area contributed by atoms with Crippen LogP contribution in [0.2, 0.25) is 0 Å². The number of unbranched alkanes of at least 4 members (excludes halogenated alkanes) is 8. The Hall–Kier alpha value is -6.96. The lowest BCUT2D eigenvalue weighted by Gasteiger charge is -2.07. The van der Waals surface area contributed by atoms with E-state index in [-0.39, 0.29) is 26.4 Å². The molecule has 0 fully saturated rings. The van der Waals surface area contributed by atoms with Crippen LogP contribution in [0.25, 0.3) is 90.9 Å². The van der Waals surface area contributed by atoms with E-state index >= 15 is 0 Å². The summed E-state index contributed by atoms with van der Waals surface area (Å²) >= 11 is 0. The number of aromatic nitrogens is 8. The maximum Gasteiger partial charge on any atom is 0.176 e. The number of aromatic amines is 2. The van der Waals surface area contributed by atoms with Crippen LogP contribution in [0.4, 0.5) is 0 Å². The number of H-pyrrole nitrogens is 2. The van der Waals surface area contributed by atoms with Crippen molar-refractivity contribution < 1.29 is 38.7 Å². The van der Waals surface area contributed by atoms with Crippen LogP contribution in [0, 0.1) is 0 Å². The summed E-state index contributed by atoms with van der Waals surface area (Å²) in [7, 11) is 0. The Morgan fingerprint density at radius 1 is 0.319 bits per heavy atom. The van der Waals surface area contributed by atoms with Crippen molar-refractivity contribution in [2.45, 2.75) is 103 Å². The quantitative estimate of drug-likeness (QED) is 0.0263. The number of nitrogens with one attached hydrogen (secondary N) is 2. The Morgan fingerprint density at radius 2 is 0.597 bits per heavy atom. The minimum atomic E-state index is 0.200. The third kappa shape index (κ3) is 12.2. The van der Waals surface area contributed by atoms with Crippen molar-refractivity contribution in [2.24, 2.45) is 0 Å². The molecule has 2 aliphatic heterocycles. The van der Waals surface area contributed by atoms with Gasteiger partial charge in [-0.2, -0.15) is 0 Å². The Labute approximate surface area is 422 Å². The van der Waals surface area contributed by atoms with Crippen molar-refractivity contribution in [3.8, 4) is 44.5 Å². The fraction of sp³-hybridized carbons (Fsp3) is 0.333. The van der Waals surface area contributed by atoms with E-state index in [0.29, 0.717) is 0 Å². The van der Waals surface area contributed by atoms with E-state index in [9.17, 15) is 20.4 Å². The topological polar surface area (TPSA) is 154 Å². The van der Waals surface area contributed by atoms with Crippen LogP contribution in [-0.4, -0.2) is 66.8 Å². The smallest absolute Gasteiger partial charge is 0.176 e. The molecule has 2 aliphatic rings.